The molecule has 0 radical (unpaired) electrons. The number of Topliss-reactive ketones (excluding diaryl/α,β-unsaturated/α-hetero) is 1. The molecule has 0 amide bonds. The first kappa shape index (κ1) is 11.9. The van der Waals surface area contributed by atoms with Crippen LogP contribution in [0.3, 0.4) is 0 Å². The molecule has 8 heavy (non-hydrogen) atoms. The minimum Gasteiger partial charge on any atom is -0.439 e. The first-order valence-corrected chi connectivity index (χ1v) is 2.15. The molecule has 0 saturated carbocycles. The molecule has 0 aliphatic carbocycles. The van der Waals surface area contributed by atoms with Crippen molar-refractivity contribution in [3.8, 4) is 0 Å². The van der Waals surface area contributed by atoms with E-state index in [1.165, 1.54) is 13.5 Å². The van der Waals surface area contributed by atoms with Crippen LogP contribution in [-0.4, -0.2) is 24.8 Å². The van der Waals surface area contributed by atoms with Crippen LogP contribution >= 0.6 is 0 Å². The molecule has 0 saturated heterocycles. The van der Waals surface area contributed by atoms with Crippen molar-refractivity contribution in [1.82, 2.24) is 4.90 Å². The molecule has 0 aromatic heterocycles. The third-order valence-electron chi connectivity index (χ3n) is 0.440. The smallest absolute Gasteiger partial charge is 0.439 e. The molecule has 0 N–H and O–H groups in total. The first-order chi connectivity index (χ1) is 3.13. The average molecular weight is 139 g/mol. The summed E-state index contributed by atoms with van der Waals surface area (Å²) in [5, 5.41) is 0. The molecule has 0 unspecified atom stereocenters. The molecule has 0 fully saturated rings. The Kier molecular flexibility index (Phi) is 9.29. The zero-order chi connectivity index (χ0) is 5.86. The second-order valence-corrected chi connectivity index (χ2v) is 1.70. The summed E-state index contributed by atoms with van der Waals surface area (Å²) in [7, 11) is 3.64. The van der Waals surface area contributed by atoms with Crippen LogP contribution in [0.25, 0.3) is 0 Å². The van der Waals surface area contributed by atoms with Crippen molar-refractivity contribution in [2.24, 2.45) is 0 Å². The van der Waals surface area contributed by atoms with Gasteiger partial charge in [0, 0.05) is 5.78 Å². The number of likely N-dealkylation sites (N-methyl/N-ethyl adjacent to an activating group) is 1. The Balaban J connectivity index is 0. The maximum atomic E-state index is 10.2. The summed E-state index contributed by atoms with van der Waals surface area (Å²) in [6.07, 6.45) is 0. The van der Waals surface area contributed by atoms with Gasteiger partial charge in [0.2, 0.25) is 0 Å². The van der Waals surface area contributed by atoms with Crippen molar-refractivity contribution in [3.63, 3.8) is 0 Å². The summed E-state index contributed by atoms with van der Waals surface area (Å²) in [5.41, 5.74) is 0. The van der Waals surface area contributed by atoms with Crippen LogP contribution in [-0.2, 0) is 4.79 Å². The topological polar surface area (TPSA) is 20.3 Å². The average Bonchev–Trinajstić information content (AvgIpc) is 1.27. The number of hydrogen-bond donors (Lipinski definition) is 0. The Bertz CT molecular complexity index is 72.8. The normalized spacial score (nSPS) is 8.00. The number of ketones is 1. The van der Waals surface area contributed by atoms with Gasteiger partial charge in [0.1, 0.15) is 0 Å². The van der Waals surface area contributed by atoms with Gasteiger partial charge in [0.05, 0.1) is 0 Å². The van der Waals surface area contributed by atoms with Gasteiger partial charge in [0.15, 0.2) is 0 Å². The fourth-order valence-corrected chi connectivity index (χ4v) is 0.364. The van der Waals surface area contributed by atoms with Crippen molar-refractivity contribution >= 4 is 5.78 Å². The molecule has 0 aliphatic heterocycles. The van der Waals surface area contributed by atoms with E-state index >= 15 is 0 Å². The molecule has 0 spiro atoms. The zero-order valence-corrected chi connectivity index (χ0v) is 9.06. The standard InChI is InChI=1S/C5H10NO.K/c1-5(7)4-6(2)3;/h4H,1-3H3;/q-1;+1. The quantitative estimate of drug-likeness (QED) is 0.306. The van der Waals surface area contributed by atoms with E-state index in [9.17, 15) is 4.79 Å². The summed E-state index contributed by atoms with van der Waals surface area (Å²) in [4.78, 5) is 11.9. The third kappa shape index (κ3) is 10.2. The van der Waals surface area contributed by atoms with Crippen molar-refractivity contribution in [1.29, 1.82) is 0 Å². The van der Waals surface area contributed by atoms with Gasteiger partial charge in [-0.05, 0) is 21.0 Å². The van der Waals surface area contributed by atoms with Gasteiger partial charge >= 0.3 is 51.4 Å². The van der Waals surface area contributed by atoms with E-state index in [1.807, 2.05) is 14.1 Å². The van der Waals surface area contributed by atoms with E-state index < -0.39 is 0 Å². The van der Waals surface area contributed by atoms with Crippen LogP contribution in [0.5, 0.6) is 0 Å². The molecule has 0 aliphatic rings. The van der Waals surface area contributed by atoms with E-state index in [1.54, 1.807) is 4.90 Å². The summed E-state index contributed by atoms with van der Waals surface area (Å²) in [6.45, 7) is 3.06. The Labute approximate surface area is 93.0 Å². The number of carbonyl (C=O) groups is 1. The molecule has 0 aromatic carbocycles. The molecule has 42 valence electrons. The fraction of sp³-hybridized carbons (Fsp3) is 0.600. The fourth-order valence-electron chi connectivity index (χ4n) is 0.364. The van der Waals surface area contributed by atoms with Crippen LogP contribution in [0.4, 0.5) is 0 Å². The SMILES string of the molecule is CC(=O)[CH-]N(C)C.[K+]. The van der Waals surface area contributed by atoms with E-state index in [2.05, 4.69) is 0 Å². The van der Waals surface area contributed by atoms with Gasteiger partial charge in [0.25, 0.3) is 0 Å². The Morgan fingerprint density at radius 2 is 1.88 bits per heavy atom. The van der Waals surface area contributed by atoms with Crippen LogP contribution in [0.2, 0.25) is 0 Å². The van der Waals surface area contributed by atoms with Crippen LogP contribution < -0.4 is 51.4 Å². The van der Waals surface area contributed by atoms with E-state index in [0.29, 0.717) is 0 Å². The largest absolute Gasteiger partial charge is 1.00 e. The molecule has 0 rings (SSSR count). The van der Waals surface area contributed by atoms with Gasteiger partial charge in [-0.15, -0.1) is 0 Å². The van der Waals surface area contributed by atoms with E-state index in [-0.39, 0.29) is 57.2 Å². The second kappa shape index (κ2) is 6.26. The zero-order valence-electron chi connectivity index (χ0n) is 5.93. The maximum absolute atomic E-state index is 10.2. The molecular formula is C5H10KNO. The number of carbonyl (C=O) groups excluding carboxylic acids is 1. The predicted octanol–water partition coefficient (Wildman–Crippen LogP) is -2.70. The van der Waals surface area contributed by atoms with Crippen molar-refractivity contribution in [3.05, 3.63) is 6.54 Å². The van der Waals surface area contributed by atoms with Gasteiger partial charge < -0.3 is 9.69 Å². The minimum absolute atomic E-state index is 0. The number of rotatable bonds is 2. The molecule has 0 atom stereocenters. The summed E-state index contributed by atoms with van der Waals surface area (Å²) in [6, 6.07) is 0. The first-order valence-electron chi connectivity index (χ1n) is 2.15. The molecule has 0 bridgehead atoms. The van der Waals surface area contributed by atoms with Gasteiger partial charge in [-0.25, -0.2) is 0 Å². The third-order valence-corrected chi connectivity index (χ3v) is 0.440. The van der Waals surface area contributed by atoms with Crippen LogP contribution in [0, 0.1) is 6.54 Å². The Hall–Kier alpha value is 1.14. The number of nitrogens with zero attached hydrogens (tertiary/aromatic N) is 1. The van der Waals surface area contributed by atoms with Crippen LogP contribution in [0.15, 0.2) is 0 Å². The molecule has 2 nitrogen and oxygen atoms in total. The van der Waals surface area contributed by atoms with E-state index in [4.69, 9.17) is 0 Å². The van der Waals surface area contributed by atoms with Gasteiger partial charge in [-0.3, -0.25) is 6.54 Å². The molecular weight excluding hydrogens is 129 g/mol. The van der Waals surface area contributed by atoms with E-state index in [0.717, 1.165) is 0 Å². The second-order valence-electron chi connectivity index (χ2n) is 1.70. The summed E-state index contributed by atoms with van der Waals surface area (Å²) >= 11 is 0. The Morgan fingerprint density at radius 3 is 1.88 bits per heavy atom. The predicted molar refractivity (Wildman–Crippen MR) is 28.7 cm³/mol. The Morgan fingerprint density at radius 1 is 1.50 bits per heavy atom. The van der Waals surface area contributed by atoms with Crippen molar-refractivity contribution in [2.45, 2.75) is 6.92 Å². The summed E-state index contributed by atoms with van der Waals surface area (Å²) in [5.74, 6) is 0.0880. The monoisotopic (exact) mass is 139 g/mol. The maximum Gasteiger partial charge on any atom is 1.00 e. The minimum atomic E-state index is 0. The van der Waals surface area contributed by atoms with Crippen LogP contribution in [0.1, 0.15) is 6.92 Å². The van der Waals surface area contributed by atoms with Gasteiger partial charge in [-0.2, -0.15) is 0 Å². The van der Waals surface area contributed by atoms with Gasteiger partial charge in [-0.1, -0.05) is 0 Å². The molecule has 0 heterocycles. The van der Waals surface area contributed by atoms with Crippen molar-refractivity contribution in [2.75, 3.05) is 14.1 Å². The number of hydrogen-bond acceptors (Lipinski definition) is 2. The summed E-state index contributed by atoms with van der Waals surface area (Å²) < 4.78 is 0. The van der Waals surface area contributed by atoms with Crippen molar-refractivity contribution < 1.29 is 56.2 Å². The molecule has 3 heteroatoms. The molecule has 0 aromatic rings.